The first-order valence-corrected chi connectivity index (χ1v) is 17.2. The van der Waals surface area contributed by atoms with Gasteiger partial charge in [-0.1, -0.05) is 70.2 Å². The summed E-state index contributed by atoms with van der Waals surface area (Å²) in [4.78, 5) is 50.0. The average Bonchev–Trinajstić information content (AvgIpc) is 3.13. The zero-order valence-electron chi connectivity index (χ0n) is 30.0. The molecule has 0 unspecified atom stereocenters. The van der Waals surface area contributed by atoms with Crippen LogP contribution in [0.15, 0.2) is 97.1 Å². The maximum absolute atomic E-state index is 13.6. The molecule has 0 aliphatic rings. The Hall–Kier alpha value is -6.43. The summed E-state index contributed by atoms with van der Waals surface area (Å²) >= 11 is 0. The first-order valence-electron chi connectivity index (χ1n) is 17.2. The smallest absolute Gasteiger partial charge is 0.310 e. The van der Waals surface area contributed by atoms with Crippen LogP contribution in [0.3, 0.4) is 0 Å². The van der Waals surface area contributed by atoms with E-state index in [0.717, 1.165) is 16.3 Å². The SMILES string of the molecule is CC(C)COc1cc(C(=O)Nc2ccc(C(N)=O)cc2OCCc2ccc3ccccc3c2)ccc1NC(=O)c1ccc([N+](=O)[O-])c(OCC(C)C)c1. The van der Waals surface area contributed by atoms with E-state index in [1.807, 2.05) is 58.0 Å². The molecule has 274 valence electrons. The van der Waals surface area contributed by atoms with Crippen LogP contribution >= 0.6 is 0 Å². The standard InChI is InChI=1S/C41H42N4O8/c1-25(2)23-52-37-21-31(12-15-34(37)44-41(48)32-13-16-35(45(49)50)38(22-32)53-24-26(3)4)40(47)43-33-14-11-30(39(42)46)20-36(33)51-18-17-27-9-10-28-7-5-6-8-29(28)19-27/h5-16,19-22,25-26H,17-18,23-24H2,1-4H3,(H2,42,46)(H,43,47)(H,44,48). The lowest BCUT2D eigenvalue weighted by molar-refractivity contribution is -0.385. The number of nitrogens with zero attached hydrogens (tertiary/aromatic N) is 1. The largest absolute Gasteiger partial charge is 0.491 e. The van der Waals surface area contributed by atoms with Gasteiger partial charge in [0.1, 0.15) is 11.5 Å². The summed E-state index contributed by atoms with van der Waals surface area (Å²) in [7, 11) is 0. The van der Waals surface area contributed by atoms with Gasteiger partial charge in [0.15, 0.2) is 5.75 Å². The first kappa shape index (κ1) is 37.8. The number of nitrogens with one attached hydrogen (secondary N) is 2. The van der Waals surface area contributed by atoms with Crippen molar-refractivity contribution in [3.8, 4) is 17.2 Å². The first-order chi connectivity index (χ1) is 25.4. The molecule has 0 spiro atoms. The van der Waals surface area contributed by atoms with Gasteiger partial charge in [-0.2, -0.15) is 0 Å². The van der Waals surface area contributed by atoms with E-state index in [1.54, 1.807) is 12.1 Å². The van der Waals surface area contributed by atoms with Crippen molar-refractivity contribution in [1.29, 1.82) is 0 Å². The third-order valence-corrected chi connectivity index (χ3v) is 8.03. The Morgan fingerprint density at radius 1 is 0.660 bits per heavy atom. The third kappa shape index (κ3) is 10.1. The van der Waals surface area contributed by atoms with Gasteiger partial charge in [0.25, 0.3) is 11.8 Å². The highest BCUT2D eigenvalue weighted by Gasteiger charge is 2.21. The predicted octanol–water partition coefficient (Wildman–Crippen LogP) is 8.04. The van der Waals surface area contributed by atoms with Crippen molar-refractivity contribution in [2.75, 3.05) is 30.5 Å². The minimum absolute atomic E-state index is 0.0134. The number of carbonyl (C=O) groups excluding carboxylic acids is 3. The van der Waals surface area contributed by atoms with E-state index in [2.05, 4.69) is 22.8 Å². The number of anilines is 2. The molecule has 5 aromatic carbocycles. The van der Waals surface area contributed by atoms with Crippen molar-refractivity contribution in [2.24, 2.45) is 17.6 Å². The highest BCUT2D eigenvalue weighted by molar-refractivity contribution is 6.08. The van der Waals surface area contributed by atoms with E-state index in [1.165, 1.54) is 42.5 Å². The monoisotopic (exact) mass is 718 g/mol. The molecule has 0 atom stereocenters. The number of nitro groups is 1. The average molecular weight is 719 g/mol. The Kier molecular flexibility index (Phi) is 12.3. The molecule has 12 nitrogen and oxygen atoms in total. The van der Waals surface area contributed by atoms with Gasteiger partial charge in [-0.25, -0.2) is 0 Å². The number of hydrogen-bond acceptors (Lipinski definition) is 8. The number of benzene rings is 5. The predicted molar refractivity (Wildman–Crippen MR) is 204 cm³/mol. The maximum atomic E-state index is 13.6. The lowest BCUT2D eigenvalue weighted by Gasteiger charge is -2.17. The normalized spacial score (nSPS) is 11.0. The third-order valence-electron chi connectivity index (χ3n) is 8.03. The van der Waals surface area contributed by atoms with Gasteiger partial charge in [-0.3, -0.25) is 24.5 Å². The van der Waals surface area contributed by atoms with Gasteiger partial charge < -0.3 is 30.6 Å². The number of carbonyl (C=O) groups is 3. The number of nitro benzene ring substituents is 1. The number of amides is 3. The Morgan fingerprint density at radius 2 is 1.19 bits per heavy atom. The number of ether oxygens (including phenoxy) is 3. The number of hydrogen-bond donors (Lipinski definition) is 3. The van der Waals surface area contributed by atoms with Gasteiger partial charge in [0.05, 0.1) is 36.1 Å². The number of nitrogens with two attached hydrogens (primary N) is 1. The molecule has 0 aromatic heterocycles. The fourth-order valence-corrected chi connectivity index (χ4v) is 5.28. The summed E-state index contributed by atoms with van der Waals surface area (Å²) in [5, 5.41) is 19.5. The van der Waals surface area contributed by atoms with Gasteiger partial charge >= 0.3 is 5.69 Å². The molecule has 53 heavy (non-hydrogen) atoms. The number of rotatable bonds is 16. The Balaban J connectivity index is 1.34. The minimum atomic E-state index is -0.639. The van der Waals surface area contributed by atoms with Crippen LogP contribution in [0.25, 0.3) is 10.8 Å². The molecular formula is C41H42N4O8. The fourth-order valence-electron chi connectivity index (χ4n) is 5.28. The van der Waals surface area contributed by atoms with Gasteiger partial charge in [-0.05, 0) is 70.6 Å². The summed E-state index contributed by atoms with van der Waals surface area (Å²) in [6.45, 7) is 8.53. The molecule has 0 bridgehead atoms. The van der Waals surface area contributed by atoms with Crippen molar-refractivity contribution >= 4 is 45.6 Å². The van der Waals surface area contributed by atoms with Gasteiger partial charge in [0.2, 0.25) is 5.91 Å². The second kappa shape index (κ2) is 17.2. The van der Waals surface area contributed by atoms with E-state index in [9.17, 15) is 24.5 Å². The van der Waals surface area contributed by atoms with E-state index in [4.69, 9.17) is 19.9 Å². The molecule has 5 aromatic rings. The zero-order chi connectivity index (χ0) is 38.1. The van der Waals surface area contributed by atoms with Crippen molar-refractivity contribution in [3.63, 3.8) is 0 Å². The number of fused-ring (bicyclic) bond motifs is 1. The fraction of sp³-hybridized carbons (Fsp3) is 0.244. The van der Waals surface area contributed by atoms with Crippen LogP contribution in [0.5, 0.6) is 17.2 Å². The highest BCUT2D eigenvalue weighted by Crippen LogP contribution is 2.32. The molecule has 0 fully saturated rings. The molecule has 5 rings (SSSR count). The Bertz CT molecular complexity index is 2150. The molecule has 4 N–H and O–H groups in total. The van der Waals surface area contributed by atoms with Crippen molar-refractivity contribution in [1.82, 2.24) is 0 Å². The molecular weight excluding hydrogens is 676 g/mol. The van der Waals surface area contributed by atoms with E-state index in [0.29, 0.717) is 24.4 Å². The maximum Gasteiger partial charge on any atom is 0.310 e. The summed E-state index contributed by atoms with van der Waals surface area (Å²) in [6, 6.07) is 27.3. The van der Waals surface area contributed by atoms with Crippen LogP contribution in [0.2, 0.25) is 0 Å². The van der Waals surface area contributed by atoms with Crippen LogP contribution in [-0.4, -0.2) is 42.5 Å². The molecule has 3 amide bonds. The zero-order valence-corrected chi connectivity index (χ0v) is 30.0. The van der Waals surface area contributed by atoms with Crippen molar-refractivity contribution < 1.29 is 33.5 Å². The lowest BCUT2D eigenvalue weighted by Crippen LogP contribution is -2.17. The van der Waals surface area contributed by atoms with Crippen LogP contribution < -0.4 is 30.6 Å². The van der Waals surface area contributed by atoms with Crippen LogP contribution in [0, 0.1) is 22.0 Å². The van der Waals surface area contributed by atoms with Gasteiger partial charge in [-0.15, -0.1) is 0 Å². The van der Waals surface area contributed by atoms with Gasteiger partial charge in [0, 0.05) is 35.2 Å². The lowest BCUT2D eigenvalue weighted by atomic mass is 10.1. The quantitative estimate of drug-likeness (QED) is 0.0679. The topological polar surface area (TPSA) is 172 Å². The van der Waals surface area contributed by atoms with E-state index in [-0.39, 0.29) is 64.7 Å². The second-order valence-corrected chi connectivity index (χ2v) is 13.3. The summed E-state index contributed by atoms with van der Waals surface area (Å²) in [5.41, 5.74) is 7.56. The molecule has 0 aliphatic heterocycles. The Labute approximate surface area is 307 Å². The van der Waals surface area contributed by atoms with E-state index >= 15 is 0 Å². The number of primary amides is 1. The second-order valence-electron chi connectivity index (χ2n) is 13.3. The molecule has 0 heterocycles. The molecule has 0 radical (unpaired) electrons. The van der Waals surface area contributed by atoms with Crippen LogP contribution in [0.4, 0.5) is 17.1 Å². The summed E-state index contributed by atoms with van der Waals surface area (Å²) in [6.07, 6.45) is 0.578. The summed E-state index contributed by atoms with van der Waals surface area (Å²) in [5.74, 6) is -0.945. The summed E-state index contributed by atoms with van der Waals surface area (Å²) < 4.78 is 17.7. The van der Waals surface area contributed by atoms with Crippen molar-refractivity contribution in [3.05, 3.63) is 129 Å². The van der Waals surface area contributed by atoms with Crippen LogP contribution in [-0.2, 0) is 6.42 Å². The Morgan fingerprint density at radius 3 is 1.79 bits per heavy atom. The minimum Gasteiger partial charge on any atom is -0.491 e. The molecule has 0 saturated carbocycles. The molecule has 0 aliphatic carbocycles. The van der Waals surface area contributed by atoms with Crippen LogP contribution in [0.1, 0.15) is 64.3 Å². The highest BCUT2D eigenvalue weighted by atomic mass is 16.6. The van der Waals surface area contributed by atoms with E-state index < -0.39 is 22.6 Å². The van der Waals surface area contributed by atoms with Crippen molar-refractivity contribution in [2.45, 2.75) is 34.1 Å². The molecule has 12 heteroatoms. The molecule has 0 saturated heterocycles.